The van der Waals surface area contributed by atoms with Gasteiger partial charge in [-0.3, -0.25) is 4.79 Å². The second-order valence-corrected chi connectivity index (χ2v) is 21.5. The maximum atomic E-state index is 11.9. The van der Waals surface area contributed by atoms with E-state index in [0.29, 0.717) is 66.1 Å². The van der Waals surface area contributed by atoms with Gasteiger partial charge in [-0.2, -0.15) is 0 Å². The van der Waals surface area contributed by atoms with Crippen molar-refractivity contribution in [3.05, 3.63) is 36.6 Å². The van der Waals surface area contributed by atoms with Gasteiger partial charge >= 0.3 is 5.97 Å². The van der Waals surface area contributed by atoms with E-state index in [4.69, 9.17) is 37.9 Å². The van der Waals surface area contributed by atoms with Crippen molar-refractivity contribution in [3.63, 3.8) is 0 Å². The summed E-state index contributed by atoms with van der Waals surface area (Å²) in [6.45, 7) is 22.7. The van der Waals surface area contributed by atoms with Gasteiger partial charge in [0.05, 0.1) is 72.6 Å². The van der Waals surface area contributed by atoms with Crippen molar-refractivity contribution in [1.82, 2.24) is 15.5 Å². The molecular weight excluding hydrogens is 979 g/mol. The van der Waals surface area contributed by atoms with E-state index in [1.54, 1.807) is 7.11 Å². The number of methoxy groups -OCH3 is 1. The zero-order valence-electron chi connectivity index (χ0n) is 51.9. The summed E-state index contributed by atoms with van der Waals surface area (Å²) in [6, 6.07) is 0. The van der Waals surface area contributed by atoms with Gasteiger partial charge in [0.1, 0.15) is 12.7 Å². The number of ether oxygens (including phenoxy) is 8. The standard InChI is InChI=1S/C66H129N3O9/c1-6-9-12-15-18-20-22-24-26-28-30-32-34-36-39-42-50-76-63-65(77-51-43-40-37-35-33-31-29-27-25-23-21-19-16-13-10-7-2)64(4)69(48-41-38-17-14-11-8-3)49-53-72-54-55-73-56-57-74-58-59-75-60-61-78-66(70)62-68-46-44-45-67-47-52-71-5/h24-27,65,67-68H,4,6-23,28-63H2,1-3,5H3/b26-24-,27-25-. The van der Waals surface area contributed by atoms with E-state index in [2.05, 4.69) is 67.2 Å². The molecule has 0 aromatic rings. The Balaban J connectivity index is 4.74. The minimum absolute atomic E-state index is 0.156. The van der Waals surface area contributed by atoms with Crippen LogP contribution in [0, 0.1) is 0 Å². The van der Waals surface area contributed by atoms with Gasteiger partial charge < -0.3 is 53.4 Å². The first-order chi connectivity index (χ1) is 38.6. The molecule has 0 aromatic heterocycles. The smallest absolute Gasteiger partial charge is 0.319 e. The number of carbonyl (C=O) groups excluding carboxylic acids is 1. The van der Waals surface area contributed by atoms with Gasteiger partial charge in [0.2, 0.25) is 0 Å². The maximum absolute atomic E-state index is 11.9. The van der Waals surface area contributed by atoms with Gasteiger partial charge in [-0.15, -0.1) is 0 Å². The number of rotatable bonds is 68. The second-order valence-electron chi connectivity index (χ2n) is 21.5. The highest BCUT2D eigenvalue weighted by Gasteiger charge is 2.20. The van der Waals surface area contributed by atoms with Crippen molar-refractivity contribution in [1.29, 1.82) is 0 Å². The van der Waals surface area contributed by atoms with E-state index in [-0.39, 0.29) is 25.2 Å². The number of hydrogen-bond acceptors (Lipinski definition) is 12. The fourth-order valence-corrected chi connectivity index (χ4v) is 9.17. The van der Waals surface area contributed by atoms with Crippen LogP contribution in [0.1, 0.15) is 245 Å². The molecule has 1 unspecified atom stereocenters. The average Bonchev–Trinajstić information content (AvgIpc) is 3.44. The average molecular weight is 1110 g/mol. The predicted octanol–water partition coefficient (Wildman–Crippen LogP) is 15.5. The van der Waals surface area contributed by atoms with Crippen LogP contribution < -0.4 is 10.6 Å². The largest absolute Gasteiger partial charge is 0.462 e. The molecule has 0 spiro atoms. The van der Waals surface area contributed by atoms with Gasteiger partial charge in [-0.05, 0) is 90.1 Å². The topological polar surface area (TPSA) is 118 Å². The lowest BCUT2D eigenvalue weighted by atomic mass is 10.1. The Labute approximate surface area is 482 Å². The second kappa shape index (κ2) is 67.6. The molecule has 0 fully saturated rings. The molecule has 0 aliphatic carbocycles. The molecule has 0 amide bonds. The Kier molecular flexibility index (Phi) is 66.0. The summed E-state index contributed by atoms with van der Waals surface area (Å²) < 4.78 is 46.4. The van der Waals surface area contributed by atoms with Crippen LogP contribution in [0.4, 0.5) is 0 Å². The van der Waals surface area contributed by atoms with Gasteiger partial charge in [0.15, 0.2) is 0 Å². The Bertz CT molecular complexity index is 1240. The van der Waals surface area contributed by atoms with E-state index in [0.717, 1.165) is 77.3 Å². The SMILES string of the molecule is C=C(C(COCCCCCCCC/C=C\CCCCCCCC)OCCCCCCCC/C=C\CCCCCCCC)N(CCCCCCCC)CCOCCOCCOCCOCCOC(=O)CNCCCNCCOC. The third-order valence-electron chi connectivity index (χ3n) is 14.2. The number of hydrogen-bond donors (Lipinski definition) is 2. The first-order valence-corrected chi connectivity index (χ1v) is 32.9. The summed E-state index contributed by atoms with van der Waals surface area (Å²) in [5, 5.41) is 6.38. The molecule has 2 N–H and O–H groups in total. The number of nitrogens with zero attached hydrogens (tertiary/aromatic N) is 1. The predicted molar refractivity (Wildman–Crippen MR) is 330 cm³/mol. The van der Waals surface area contributed by atoms with E-state index < -0.39 is 0 Å². The summed E-state index contributed by atoms with van der Waals surface area (Å²) in [5.74, 6) is -0.276. The molecular formula is C66H129N3O9. The first-order valence-electron chi connectivity index (χ1n) is 32.9. The Morgan fingerprint density at radius 1 is 0.410 bits per heavy atom. The summed E-state index contributed by atoms with van der Waals surface area (Å²) in [7, 11) is 1.69. The molecule has 0 radical (unpaired) electrons. The number of carbonyl (C=O) groups is 1. The molecule has 0 rings (SSSR count). The molecule has 0 saturated carbocycles. The van der Waals surface area contributed by atoms with E-state index >= 15 is 0 Å². The van der Waals surface area contributed by atoms with Crippen LogP contribution in [0.2, 0.25) is 0 Å². The van der Waals surface area contributed by atoms with Crippen LogP contribution in [-0.4, -0.2) is 149 Å². The van der Waals surface area contributed by atoms with Crippen LogP contribution >= 0.6 is 0 Å². The normalized spacial score (nSPS) is 12.2. The molecule has 0 aliphatic heterocycles. The molecule has 12 heteroatoms. The molecule has 462 valence electrons. The zero-order valence-corrected chi connectivity index (χ0v) is 51.9. The molecule has 0 saturated heterocycles. The molecule has 0 aliphatic rings. The highest BCUT2D eigenvalue weighted by Crippen LogP contribution is 2.18. The lowest BCUT2D eigenvalue weighted by molar-refractivity contribution is -0.144. The van der Waals surface area contributed by atoms with Gasteiger partial charge in [-0.1, -0.05) is 199 Å². The molecule has 78 heavy (non-hydrogen) atoms. The van der Waals surface area contributed by atoms with Crippen molar-refractivity contribution in [3.8, 4) is 0 Å². The van der Waals surface area contributed by atoms with Crippen molar-refractivity contribution in [2.75, 3.05) is 132 Å². The monoisotopic (exact) mass is 1110 g/mol. The van der Waals surface area contributed by atoms with Crippen molar-refractivity contribution in [2.45, 2.75) is 252 Å². The quantitative estimate of drug-likeness (QED) is 0.0343. The minimum atomic E-state index is -0.276. The highest BCUT2D eigenvalue weighted by atomic mass is 16.6. The first kappa shape index (κ1) is 76.1. The number of esters is 1. The Hall–Kier alpha value is -1.87. The molecule has 0 aromatic carbocycles. The highest BCUT2D eigenvalue weighted by molar-refractivity contribution is 5.71. The number of nitrogens with one attached hydrogen (secondary N) is 2. The van der Waals surface area contributed by atoms with Crippen molar-refractivity contribution >= 4 is 5.97 Å². The maximum Gasteiger partial charge on any atom is 0.319 e. The van der Waals surface area contributed by atoms with E-state index in [1.165, 1.54) is 199 Å². The van der Waals surface area contributed by atoms with Crippen LogP contribution in [0.15, 0.2) is 36.6 Å². The molecule has 0 bridgehead atoms. The van der Waals surface area contributed by atoms with Crippen LogP contribution in [0.25, 0.3) is 0 Å². The summed E-state index contributed by atoms with van der Waals surface area (Å²) in [6.07, 6.45) is 54.4. The third kappa shape index (κ3) is 60.2. The van der Waals surface area contributed by atoms with Gasteiger partial charge in [0.25, 0.3) is 0 Å². The zero-order chi connectivity index (χ0) is 56.4. The fourth-order valence-electron chi connectivity index (χ4n) is 9.17. The van der Waals surface area contributed by atoms with Crippen LogP contribution in [0.5, 0.6) is 0 Å². The van der Waals surface area contributed by atoms with Crippen molar-refractivity contribution < 1.29 is 42.7 Å². The lowest BCUT2D eigenvalue weighted by Crippen LogP contribution is -2.37. The van der Waals surface area contributed by atoms with Crippen LogP contribution in [0.3, 0.4) is 0 Å². The fraction of sp³-hybridized carbons (Fsp3) is 0.894. The lowest BCUT2D eigenvalue weighted by Gasteiger charge is -2.32. The Morgan fingerprint density at radius 2 is 0.821 bits per heavy atom. The van der Waals surface area contributed by atoms with E-state index in [1.807, 2.05) is 0 Å². The number of unbranched alkanes of at least 4 members (excludes halogenated alkanes) is 29. The van der Waals surface area contributed by atoms with E-state index in [9.17, 15) is 4.79 Å². The summed E-state index contributed by atoms with van der Waals surface area (Å²) >= 11 is 0. The summed E-state index contributed by atoms with van der Waals surface area (Å²) in [4.78, 5) is 14.3. The number of allylic oxidation sites excluding steroid dienone is 4. The van der Waals surface area contributed by atoms with Crippen molar-refractivity contribution in [2.24, 2.45) is 0 Å². The summed E-state index contributed by atoms with van der Waals surface area (Å²) in [5.41, 5.74) is 1.03. The molecule has 12 nitrogen and oxygen atoms in total. The third-order valence-corrected chi connectivity index (χ3v) is 14.2. The molecule has 1 atom stereocenters. The molecule has 0 heterocycles. The minimum Gasteiger partial charge on any atom is -0.462 e. The van der Waals surface area contributed by atoms with Gasteiger partial charge in [-0.25, -0.2) is 0 Å². The van der Waals surface area contributed by atoms with Gasteiger partial charge in [0, 0.05) is 45.7 Å². The Morgan fingerprint density at radius 3 is 1.31 bits per heavy atom. The van der Waals surface area contributed by atoms with Crippen LogP contribution in [-0.2, 0) is 42.7 Å².